The Morgan fingerprint density at radius 1 is 1.47 bits per heavy atom. The van der Waals surface area contributed by atoms with Gasteiger partial charge < -0.3 is 14.4 Å². The van der Waals surface area contributed by atoms with E-state index in [1.165, 1.54) is 6.42 Å². The molecule has 100 valence electrons. The maximum absolute atomic E-state index is 11.7. The summed E-state index contributed by atoms with van der Waals surface area (Å²) in [5, 5.41) is 0. The third kappa shape index (κ3) is 5.91. The number of hydrogen-bond donors (Lipinski definition) is 0. The molecule has 1 amide bonds. The highest BCUT2D eigenvalue weighted by Gasteiger charge is 2.21. The normalized spacial score (nSPS) is 21.1. The second-order valence-corrected chi connectivity index (χ2v) is 5.77. The molecule has 0 bridgehead atoms. The standard InChI is InChI=1S/C13H25NO3/c1-13(2,3)17-12(15)14(4)8-7-11-6-5-9-16-10-11/h11H,5-10H2,1-4H3/t11-/m1/s1. The average Bonchev–Trinajstić information content (AvgIpc) is 2.25. The third-order valence-corrected chi connectivity index (χ3v) is 2.83. The highest BCUT2D eigenvalue weighted by molar-refractivity contribution is 5.67. The second-order valence-electron chi connectivity index (χ2n) is 5.77. The monoisotopic (exact) mass is 243 g/mol. The van der Waals surface area contributed by atoms with Gasteiger partial charge in [0.15, 0.2) is 0 Å². The molecule has 0 saturated carbocycles. The molecule has 0 aliphatic carbocycles. The summed E-state index contributed by atoms with van der Waals surface area (Å²) >= 11 is 0. The van der Waals surface area contributed by atoms with Crippen LogP contribution < -0.4 is 0 Å². The first-order valence-electron chi connectivity index (χ1n) is 6.40. The van der Waals surface area contributed by atoms with E-state index in [9.17, 15) is 4.79 Å². The molecule has 4 heteroatoms. The molecular weight excluding hydrogens is 218 g/mol. The Labute approximate surface area is 104 Å². The molecular formula is C13H25NO3. The maximum atomic E-state index is 11.7. The van der Waals surface area contributed by atoms with Gasteiger partial charge in [0.2, 0.25) is 0 Å². The van der Waals surface area contributed by atoms with Gasteiger partial charge in [-0.3, -0.25) is 0 Å². The van der Waals surface area contributed by atoms with Crippen LogP contribution in [0.5, 0.6) is 0 Å². The van der Waals surface area contributed by atoms with Crippen molar-refractivity contribution in [1.29, 1.82) is 0 Å². The largest absolute Gasteiger partial charge is 0.444 e. The molecule has 4 nitrogen and oxygen atoms in total. The molecule has 17 heavy (non-hydrogen) atoms. The fourth-order valence-electron chi connectivity index (χ4n) is 1.84. The summed E-state index contributed by atoms with van der Waals surface area (Å²) in [7, 11) is 1.79. The highest BCUT2D eigenvalue weighted by atomic mass is 16.6. The lowest BCUT2D eigenvalue weighted by Crippen LogP contribution is -2.35. The molecule has 0 aromatic carbocycles. The van der Waals surface area contributed by atoms with Gasteiger partial charge in [0.1, 0.15) is 5.60 Å². The Morgan fingerprint density at radius 3 is 2.71 bits per heavy atom. The molecule has 0 unspecified atom stereocenters. The summed E-state index contributed by atoms with van der Waals surface area (Å²) in [4.78, 5) is 13.4. The zero-order chi connectivity index (χ0) is 12.9. The van der Waals surface area contributed by atoms with Gasteiger partial charge in [-0.2, -0.15) is 0 Å². The van der Waals surface area contributed by atoms with Crippen LogP contribution >= 0.6 is 0 Å². The van der Waals surface area contributed by atoms with E-state index < -0.39 is 5.60 Å². The Morgan fingerprint density at radius 2 is 2.18 bits per heavy atom. The Bertz CT molecular complexity index is 242. The van der Waals surface area contributed by atoms with Gasteiger partial charge >= 0.3 is 6.09 Å². The molecule has 0 spiro atoms. The summed E-state index contributed by atoms with van der Waals surface area (Å²) in [5.74, 6) is 0.591. The summed E-state index contributed by atoms with van der Waals surface area (Å²) in [6.45, 7) is 8.11. The van der Waals surface area contributed by atoms with Crippen LogP contribution in [0.4, 0.5) is 4.79 Å². The summed E-state index contributed by atoms with van der Waals surface area (Å²) in [6, 6.07) is 0. The van der Waals surface area contributed by atoms with E-state index in [0.29, 0.717) is 5.92 Å². The number of carbonyl (C=O) groups is 1. The minimum absolute atomic E-state index is 0.241. The van der Waals surface area contributed by atoms with Gasteiger partial charge in [0, 0.05) is 26.8 Å². The number of amides is 1. The molecule has 1 aliphatic rings. The first-order valence-corrected chi connectivity index (χ1v) is 6.40. The van der Waals surface area contributed by atoms with Crippen molar-refractivity contribution in [3.63, 3.8) is 0 Å². The Kier molecular flexibility index (Phi) is 5.25. The van der Waals surface area contributed by atoms with Gasteiger partial charge in [-0.25, -0.2) is 4.79 Å². The predicted molar refractivity (Wildman–Crippen MR) is 67.0 cm³/mol. The molecule has 0 radical (unpaired) electrons. The summed E-state index contributed by atoms with van der Waals surface area (Å²) in [6.07, 6.45) is 3.10. The lowest BCUT2D eigenvalue weighted by Gasteiger charge is -2.27. The molecule has 0 aromatic heterocycles. The lowest BCUT2D eigenvalue weighted by molar-refractivity contribution is 0.0233. The van der Waals surface area contributed by atoms with Gasteiger partial charge in [-0.1, -0.05) is 0 Å². The topological polar surface area (TPSA) is 38.8 Å². The van der Waals surface area contributed by atoms with Crippen LogP contribution in [0.1, 0.15) is 40.0 Å². The minimum Gasteiger partial charge on any atom is -0.444 e. The molecule has 1 heterocycles. The molecule has 1 atom stereocenters. The fraction of sp³-hybridized carbons (Fsp3) is 0.923. The average molecular weight is 243 g/mol. The Balaban J connectivity index is 2.23. The van der Waals surface area contributed by atoms with E-state index in [1.807, 2.05) is 20.8 Å². The SMILES string of the molecule is CN(CC[C@H]1CCCOC1)C(=O)OC(C)(C)C. The van der Waals surface area contributed by atoms with Crippen LogP contribution in [-0.4, -0.2) is 43.4 Å². The van der Waals surface area contributed by atoms with Crippen molar-refractivity contribution < 1.29 is 14.3 Å². The van der Waals surface area contributed by atoms with Crippen LogP contribution in [0.3, 0.4) is 0 Å². The second kappa shape index (κ2) is 6.24. The van der Waals surface area contributed by atoms with E-state index in [4.69, 9.17) is 9.47 Å². The molecule has 0 N–H and O–H groups in total. The first kappa shape index (κ1) is 14.3. The lowest BCUT2D eigenvalue weighted by atomic mass is 9.98. The van der Waals surface area contributed by atoms with Gasteiger partial charge in [0.25, 0.3) is 0 Å². The number of hydrogen-bond acceptors (Lipinski definition) is 3. The van der Waals surface area contributed by atoms with Crippen molar-refractivity contribution >= 4 is 6.09 Å². The van der Waals surface area contributed by atoms with Crippen LogP contribution in [-0.2, 0) is 9.47 Å². The number of rotatable bonds is 3. The van der Waals surface area contributed by atoms with Gasteiger partial charge in [-0.15, -0.1) is 0 Å². The van der Waals surface area contributed by atoms with E-state index in [0.717, 1.165) is 32.6 Å². The van der Waals surface area contributed by atoms with Crippen LogP contribution in [0.2, 0.25) is 0 Å². The van der Waals surface area contributed by atoms with Crippen LogP contribution in [0.25, 0.3) is 0 Å². The van der Waals surface area contributed by atoms with Crippen molar-refractivity contribution in [3.05, 3.63) is 0 Å². The van der Waals surface area contributed by atoms with Crippen molar-refractivity contribution in [3.8, 4) is 0 Å². The van der Waals surface area contributed by atoms with E-state index in [1.54, 1.807) is 11.9 Å². The molecule has 0 aromatic rings. The third-order valence-electron chi connectivity index (χ3n) is 2.83. The summed E-state index contributed by atoms with van der Waals surface area (Å²) in [5.41, 5.74) is -0.417. The zero-order valence-corrected chi connectivity index (χ0v) is 11.5. The van der Waals surface area contributed by atoms with Crippen molar-refractivity contribution in [2.24, 2.45) is 5.92 Å². The van der Waals surface area contributed by atoms with E-state index in [-0.39, 0.29) is 6.09 Å². The van der Waals surface area contributed by atoms with Gasteiger partial charge in [-0.05, 0) is 46.0 Å². The highest BCUT2D eigenvalue weighted by Crippen LogP contribution is 2.17. The summed E-state index contributed by atoms with van der Waals surface area (Å²) < 4.78 is 10.7. The van der Waals surface area contributed by atoms with Crippen molar-refractivity contribution in [1.82, 2.24) is 4.90 Å². The van der Waals surface area contributed by atoms with Crippen LogP contribution in [0, 0.1) is 5.92 Å². The van der Waals surface area contributed by atoms with Crippen molar-refractivity contribution in [2.75, 3.05) is 26.8 Å². The zero-order valence-electron chi connectivity index (χ0n) is 11.5. The Hall–Kier alpha value is -0.770. The number of nitrogens with zero attached hydrogens (tertiary/aromatic N) is 1. The minimum atomic E-state index is -0.417. The van der Waals surface area contributed by atoms with E-state index >= 15 is 0 Å². The number of ether oxygens (including phenoxy) is 2. The number of carbonyl (C=O) groups excluding carboxylic acids is 1. The predicted octanol–water partition coefficient (Wildman–Crippen LogP) is 2.67. The fourth-order valence-corrected chi connectivity index (χ4v) is 1.84. The first-order chi connectivity index (χ1) is 7.88. The van der Waals surface area contributed by atoms with Crippen LogP contribution in [0.15, 0.2) is 0 Å². The molecule has 1 aliphatic heterocycles. The molecule has 1 fully saturated rings. The maximum Gasteiger partial charge on any atom is 0.410 e. The quantitative estimate of drug-likeness (QED) is 0.765. The smallest absolute Gasteiger partial charge is 0.410 e. The molecule has 1 rings (SSSR count). The van der Waals surface area contributed by atoms with Crippen molar-refractivity contribution in [2.45, 2.75) is 45.6 Å². The molecule has 1 saturated heterocycles. The van der Waals surface area contributed by atoms with Gasteiger partial charge in [0.05, 0.1) is 0 Å². The van der Waals surface area contributed by atoms with E-state index in [2.05, 4.69) is 0 Å².